The van der Waals surface area contributed by atoms with Crippen LogP contribution in [0.15, 0.2) is 30.5 Å². The Bertz CT molecular complexity index is 1150. The molecule has 4 amide bonds. The van der Waals surface area contributed by atoms with Gasteiger partial charge in [0, 0.05) is 35.7 Å². The second-order valence-electron chi connectivity index (χ2n) is 9.18. The van der Waals surface area contributed by atoms with Crippen LogP contribution in [0.3, 0.4) is 0 Å². The molecule has 0 aliphatic rings. The Morgan fingerprint density at radius 3 is 2.21 bits per heavy atom. The lowest BCUT2D eigenvalue weighted by atomic mass is 9.98. The van der Waals surface area contributed by atoms with E-state index in [0.29, 0.717) is 6.42 Å². The number of aromatic nitrogens is 1. The topological polar surface area (TPSA) is 209 Å². The van der Waals surface area contributed by atoms with Gasteiger partial charge in [-0.05, 0) is 24.0 Å². The zero-order valence-corrected chi connectivity index (χ0v) is 22.3. The van der Waals surface area contributed by atoms with Crippen LogP contribution in [0.1, 0.15) is 38.7 Å². The first-order valence-corrected chi connectivity index (χ1v) is 12.9. The van der Waals surface area contributed by atoms with Gasteiger partial charge in [0.2, 0.25) is 23.6 Å². The standard InChI is InChI=1S/C25H36N6O6S/c1-3-13(2)21(27)24(35)30-18(10-14-11-28-16-7-5-4-6-15(14)16)23(34)29-17(8-9-20(26)32)22(33)31-19(12-38)25(36)37/h4-7,11,13,17-19,21,28,38H,3,8-10,12,27H2,1-2H3,(H2,26,32)(H,29,34)(H,30,35)(H,31,33)(H,36,37). The van der Waals surface area contributed by atoms with Gasteiger partial charge < -0.3 is 37.5 Å². The van der Waals surface area contributed by atoms with Crippen LogP contribution in [0.4, 0.5) is 0 Å². The summed E-state index contributed by atoms with van der Waals surface area (Å²) >= 11 is 3.93. The molecule has 208 valence electrons. The number of fused-ring (bicyclic) bond motifs is 1. The molecule has 2 aromatic rings. The van der Waals surface area contributed by atoms with E-state index in [1.807, 2.05) is 38.1 Å². The Labute approximate surface area is 226 Å². The third-order valence-corrected chi connectivity index (χ3v) is 6.77. The fourth-order valence-corrected chi connectivity index (χ4v) is 4.04. The smallest absolute Gasteiger partial charge is 0.327 e. The first kappa shape index (κ1) is 30.6. The molecule has 9 N–H and O–H groups in total. The van der Waals surface area contributed by atoms with Crippen molar-refractivity contribution in [3.8, 4) is 0 Å². The van der Waals surface area contributed by atoms with Crippen molar-refractivity contribution in [1.29, 1.82) is 0 Å². The summed E-state index contributed by atoms with van der Waals surface area (Å²) in [6, 6.07) is 2.86. The number of nitrogens with one attached hydrogen (secondary N) is 4. The lowest BCUT2D eigenvalue weighted by Crippen LogP contribution is -2.58. The number of thiol groups is 1. The zero-order chi connectivity index (χ0) is 28.4. The highest BCUT2D eigenvalue weighted by Crippen LogP contribution is 2.19. The molecule has 1 heterocycles. The molecule has 0 fully saturated rings. The lowest BCUT2D eigenvalue weighted by molar-refractivity contribution is -0.141. The second-order valence-corrected chi connectivity index (χ2v) is 9.55. The number of benzene rings is 1. The minimum atomic E-state index is -1.31. The summed E-state index contributed by atoms with van der Waals surface area (Å²) in [5, 5.41) is 17.6. The van der Waals surface area contributed by atoms with Gasteiger partial charge in [-0.15, -0.1) is 0 Å². The maximum Gasteiger partial charge on any atom is 0.327 e. The van der Waals surface area contributed by atoms with Crippen LogP contribution in [0.5, 0.6) is 0 Å². The number of nitrogens with two attached hydrogens (primary N) is 2. The molecule has 0 aliphatic carbocycles. The second kappa shape index (κ2) is 14.4. The van der Waals surface area contributed by atoms with Gasteiger partial charge in [0.25, 0.3) is 0 Å². The number of hydrogen-bond donors (Lipinski definition) is 8. The van der Waals surface area contributed by atoms with Gasteiger partial charge in [0.05, 0.1) is 6.04 Å². The van der Waals surface area contributed by atoms with E-state index in [2.05, 4.69) is 33.6 Å². The molecule has 0 radical (unpaired) electrons. The molecule has 0 saturated heterocycles. The normalized spacial score (nSPS) is 15.1. The highest BCUT2D eigenvalue weighted by molar-refractivity contribution is 7.80. The number of carboxylic acid groups (broad SMARTS) is 1. The van der Waals surface area contributed by atoms with Crippen molar-refractivity contribution in [2.75, 3.05) is 5.75 Å². The number of carbonyl (C=O) groups is 5. The highest BCUT2D eigenvalue weighted by atomic mass is 32.1. The Balaban J connectivity index is 2.32. The summed E-state index contributed by atoms with van der Waals surface area (Å²) in [6.07, 6.45) is 2.04. The first-order chi connectivity index (χ1) is 18.0. The van der Waals surface area contributed by atoms with E-state index in [9.17, 15) is 29.1 Å². The minimum absolute atomic E-state index is 0.0767. The Hall–Kier alpha value is -3.58. The van der Waals surface area contributed by atoms with E-state index in [0.717, 1.165) is 16.5 Å². The summed E-state index contributed by atoms with van der Waals surface area (Å²) < 4.78 is 0. The number of para-hydroxylation sites is 1. The number of hydrogen-bond acceptors (Lipinski definition) is 7. The van der Waals surface area contributed by atoms with Crippen LogP contribution >= 0.6 is 12.6 Å². The predicted molar refractivity (Wildman–Crippen MR) is 145 cm³/mol. The molecule has 12 nitrogen and oxygen atoms in total. The van der Waals surface area contributed by atoms with E-state index in [1.165, 1.54) is 0 Å². The van der Waals surface area contributed by atoms with Crippen molar-refractivity contribution >= 4 is 53.1 Å². The van der Waals surface area contributed by atoms with Gasteiger partial charge in [0.15, 0.2) is 0 Å². The summed E-state index contributed by atoms with van der Waals surface area (Å²) in [5.74, 6) is -4.41. The maximum atomic E-state index is 13.4. The molecule has 2 rings (SSSR count). The molecule has 5 unspecified atom stereocenters. The number of primary amides is 1. The van der Waals surface area contributed by atoms with Crippen LogP contribution in [0, 0.1) is 5.92 Å². The van der Waals surface area contributed by atoms with E-state index in [4.69, 9.17) is 11.5 Å². The average molecular weight is 549 g/mol. The number of carboxylic acids is 1. The van der Waals surface area contributed by atoms with Gasteiger partial charge in [-0.1, -0.05) is 38.5 Å². The molecular formula is C25H36N6O6S. The van der Waals surface area contributed by atoms with Crippen molar-refractivity contribution in [3.05, 3.63) is 36.0 Å². The van der Waals surface area contributed by atoms with E-state index >= 15 is 0 Å². The number of rotatable bonds is 15. The third kappa shape index (κ3) is 8.48. The van der Waals surface area contributed by atoms with Crippen molar-refractivity contribution < 1.29 is 29.1 Å². The van der Waals surface area contributed by atoms with Crippen molar-refractivity contribution in [3.63, 3.8) is 0 Å². The van der Waals surface area contributed by atoms with Crippen LogP contribution in [0.25, 0.3) is 10.9 Å². The van der Waals surface area contributed by atoms with E-state index < -0.39 is 53.8 Å². The molecule has 1 aromatic heterocycles. The van der Waals surface area contributed by atoms with Crippen molar-refractivity contribution in [2.24, 2.45) is 17.4 Å². The van der Waals surface area contributed by atoms with E-state index in [1.54, 1.807) is 6.20 Å². The van der Waals surface area contributed by atoms with Crippen LogP contribution in [-0.2, 0) is 30.4 Å². The number of carbonyl (C=O) groups excluding carboxylic acids is 4. The first-order valence-electron chi connectivity index (χ1n) is 12.3. The molecule has 5 atom stereocenters. The Morgan fingerprint density at radius 2 is 1.61 bits per heavy atom. The molecule has 38 heavy (non-hydrogen) atoms. The molecule has 0 saturated carbocycles. The molecule has 0 aliphatic heterocycles. The fourth-order valence-electron chi connectivity index (χ4n) is 3.80. The maximum absolute atomic E-state index is 13.4. The number of aromatic amines is 1. The summed E-state index contributed by atoms with van der Waals surface area (Å²) in [6.45, 7) is 3.72. The molecular weight excluding hydrogens is 512 g/mol. The van der Waals surface area contributed by atoms with Gasteiger partial charge in [-0.25, -0.2) is 4.79 Å². The lowest BCUT2D eigenvalue weighted by Gasteiger charge is -2.26. The van der Waals surface area contributed by atoms with Crippen molar-refractivity contribution in [2.45, 2.75) is 63.7 Å². The summed E-state index contributed by atoms with van der Waals surface area (Å²) in [5.41, 5.74) is 12.9. The van der Waals surface area contributed by atoms with Crippen LogP contribution < -0.4 is 27.4 Å². The average Bonchev–Trinajstić information content (AvgIpc) is 3.30. The zero-order valence-electron chi connectivity index (χ0n) is 21.4. The molecule has 1 aromatic carbocycles. The van der Waals surface area contributed by atoms with Gasteiger partial charge in [-0.2, -0.15) is 12.6 Å². The summed E-state index contributed by atoms with van der Waals surface area (Å²) in [4.78, 5) is 65.0. The van der Waals surface area contributed by atoms with E-state index in [-0.39, 0.29) is 30.9 Å². The van der Waals surface area contributed by atoms with Crippen LogP contribution in [0.2, 0.25) is 0 Å². The summed E-state index contributed by atoms with van der Waals surface area (Å²) in [7, 11) is 0. The van der Waals surface area contributed by atoms with Gasteiger partial charge in [0.1, 0.15) is 18.1 Å². The molecule has 13 heteroatoms. The molecule has 0 bridgehead atoms. The monoisotopic (exact) mass is 548 g/mol. The Kier molecular flexibility index (Phi) is 11.6. The Morgan fingerprint density at radius 1 is 1.00 bits per heavy atom. The van der Waals surface area contributed by atoms with Crippen LogP contribution in [-0.4, -0.2) is 69.6 Å². The quantitative estimate of drug-likeness (QED) is 0.141. The third-order valence-electron chi connectivity index (χ3n) is 6.40. The minimum Gasteiger partial charge on any atom is -0.480 e. The predicted octanol–water partition coefficient (Wildman–Crippen LogP) is -0.182. The SMILES string of the molecule is CCC(C)C(N)C(=O)NC(Cc1c[nH]c2ccccc12)C(=O)NC(CCC(N)=O)C(=O)NC(CS)C(=O)O. The van der Waals surface area contributed by atoms with Gasteiger partial charge in [-0.3, -0.25) is 19.2 Å². The largest absolute Gasteiger partial charge is 0.480 e. The van der Waals surface area contributed by atoms with Gasteiger partial charge >= 0.3 is 5.97 Å². The number of H-pyrrole nitrogens is 1. The number of amides is 4. The fraction of sp³-hybridized carbons (Fsp3) is 0.480. The molecule has 0 spiro atoms. The highest BCUT2D eigenvalue weighted by Gasteiger charge is 2.31. The van der Waals surface area contributed by atoms with Crippen molar-refractivity contribution in [1.82, 2.24) is 20.9 Å². The number of aliphatic carboxylic acids is 1.